The summed E-state index contributed by atoms with van der Waals surface area (Å²) in [6.07, 6.45) is 2.93. The van der Waals surface area contributed by atoms with Crippen molar-refractivity contribution in [2.24, 2.45) is 0 Å². The molecule has 3 rings (SSSR count). The maximum absolute atomic E-state index is 14.0. The fourth-order valence-corrected chi connectivity index (χ4v) is 3.54. The number of rotatable bonds is 12. The summed E-state index contributed by atoms with van der Waals surface area (Å²) in [6, 6.07) is 12.3. The van der Waals surface area contributed by atoms with E-state index in [2.05, 4.69) is 6.58 Å². The maximum Gasteiger partial charge on any atom is 0.343 e. The van der Waals surface area contributed by atoms with E-state index < -0.39 is 17.8 Å². The first kappa shape index (κ1) is 28.1. The molecule has 0 N–H and O–H groups in total. The van der Waals surface area contributed by atoms with Gasteiger partial charge in [0.1, 0.15) is 28.8 Å². The molecule has 38 heavy (non-hydrogen) atoms. The van der Waals surface area contributed by atoms with E-state index in [1.54, 1.807) is 44.2 Å². The Kier molecular flexibility index (Phi) is 9.76. The van der Waals surface area contributed by atoms with Crippen LogP contribution >= 0.6 is 0 Å². The van der Waals surface area contributed by atoms with E-state index in [9.17, 15) is 18.8 Å². The molecule has 0 bridgehead atoms. The SMILES string of the molecule is C=CC(=O)OCCCCOc1ccc(C(=O)Oc2cc(C)c(Oc3ccc(C=O)c(F)c3)c(C)c2C)cc1. The van der Waals surface area contributed by atoms with E-state index in [0.29, 0.717) is 66.3 Å². The van der Waals surface area contributed by atoms with Crippen LogP contribution in [0, 0.1) is 26.6 Å². The number of unbranched alkanes of at least 4 members (excludes halogenated alkanes) is 1. The molecule has 0 aromatic heterocycles. The van der Waals surface area contributed by atoms with Gasteiger partial charge in [-0.05, 0) is 92.8 Å². The highest BCUT2D eigenvalue weighted by atomic mass is 19.1. The van der Waals surface area contributed by atoms with E-state index in [0.717, 1.165) is 17.7 Å². The fraction of sp³-hybridized carbons (Fsp3) is 0.233. The highest BCUT2D eigenvalue weighted by Crippen LogP contribution is 2.36. The second-order valence-corrected chi connectivity index (χ2v) is 8.52. The van der Waals surface area contributed by atoms with Crippen molar-refractivity contribution in [3.8, 4) is 23.0 Å². The highest BCUT2D eigenvalue weighted by Gasteiger charge is 2.17. The normalized spacial score (nSPS) is 10.4. The summed E-state index contributed by atoms with van der Waals surface area (Å²) in [5.41, 5.74) is 2.43. The topological polar surface area (TPSA) is 88.1 Å². The molecule has 0 aliphatic heterocycles. The smallest absolute Gasteiger partial charge is 0.343 e. The molecule has 3 aromatic rings. The number of hydrogen-bond acceptors (Lipinski definition) is 7. The molecule has 0 unspecified atom stereocenters. The summed E-state index contributed by atoms with van der Waals surface area (Å²) in [5.74, 6) is 0.115. The Bertz CT molecular complexity index is 1330. The lowest BCUT2D eigenvalue weighted by molar-refractivity contribution is -0.137. The minimum absolute atomic E-state index is 0.0485. The summed E-state index contributed by atoms with van der Waals surface area (Å²) in [6.45, 7) is 9.50. The highest BCUT2D eigenvalue weighted by molar-refractivity contribution is 5.91. The number of benzene rings is 3. The summed E-state index contributed by atoms with van der Waals surface area (Å²) >= 11 is 0. The largest absolute Gasteiger partial charge is 0.494 e. The molecule has 7 nitrogen and oxygen atoms in total. The Morgan fingerprint density at radius 2 is 1.61 bits per heavy atom. The van der Waals surface area contributed by atoms with Crippen LogP contribution in [-0.2, 0) is 9.53 Å². The molecule has 0 amide bonds. The third-order valence-corrected chi connectivity index (χ3v) is 5.81. The van der Waals surface area contributed by atoms with Gasteiger partial charge in [0, 0.05) is 12.1 Å². The van der Waals surface area contributed by atoms with E-state index >= 15 is 0 Å². The number of carbonyl (C=O) groups excluding carboxylic acids is 3. The van der Waals surface area contributed by atoms with Crippen LogP contribution < -0.4 is 14.2 Å². The number of halogens is 1. The van der Waals surface area contributed by atoms with Gasteiger partial charge in [-0.2, -0.15) is 0 Å². The summed E-state index contributed by atoms with van der Waals surface area (Å²) < 4.78 is 36.1. The number of esters is 2. The summed E-state index contributed by atoms with van der Waals surface area (Å²) in [4.78, 5) is 34.6. The molecule has 0 saturated carbocycles. The van der Waals surface area contributed by atoms with E-state index in [1.165, 1.54) is 12.1 Å². The van der Waals surface area contributed by atoms with E-state index in [1.807, 2.05) is 6.92 Å². The van der Waals surface area contributed by atoms with Crippen molar-refractivity contribution >= 4 is 18.2 Å². The van der Waals surface area contributed by atoms with Gasteiger partial charge < -0.3 is 18.9 Å². The molecule has 0 aliphatic carbocycles. The van der Waals surface area contributed by atoms with Crippen LogP contribution in [0.5, 0.6) is 23.0 Å². The van der Waals surface area contributed by atoms with Gasteiger partial charge in [-0.3, -0.25) is 4.79 Å². The van der Waals surface area contributed by atoms with Gasteiger partial charge in [-0.1, -0.05) is 6.58 Å². The quantitative estimate of drug-likeness (QED) is 0.0890. The molecule has 0 spiro atoms. The molecular weight excluding hydrogens is 491 g/mol. The van der Waals surface area contributed by atoms with Crippen molar-refractivity contribution in [3.05, 3.63) is 94.8 Å². The fourth-order valence-electron chi connectivity index (χ4n) is 3.54. The lowest BCUT2D eigenvalue weighted by Gasteiger charge is -2.17. The number of ether oxygens (including phenoxy) is 4. The second-order valence-electron chi connectivity index (χ2n) is 8.52. The second kappa shape index (κ2) is 13.2. The first-order chi connectivity index (χ1) is 18.2. The van der Waals surface area contributed by atoms with Crippen LogP contribution in [0.2, 0.25) is 0 Å². The van der Waals surface area contributed by atoms with Crippen molar-refractivity contribution in [1.82, 2.24) is 0 Å². The van der Waals surface area contributed by atoms with Gasteiger partial charge in [0.05, 0.1) is 24.3 Å². The molecule has 198 valence electrons. The average Bonchev–Trinajstić information content (AvgIpc) is 2.91. The minimum atomic E-state index is -0.668. The minimum Gasteiger partial charge on any atom is -0.494 e. The Morgan fingerprint density at radius 3 is 2.26 bits per heavy atom. The molecule has 8 heteroatoms. The molecule has 0 radical (unpaired) electrons. The monoisotopic (exact) mass is 520 g/mol. The van der Waals surface area contributed by atoms with Crippen molar-refractivity contribution in [1.29, 1.82) is 0 Å². The Balaban J connectivity index is 1.60. The van der Waals surface area contributed by atoms with Crippen molar-refractivity contribution in [2.45, 2.75) is 33.6 Å². The molecular formula is C30H29FO7. The van der Waals surface area contributed by atoms with Crippen molar-refractivity contribution < 1.29 is 37.7 Å². The van der Waals surface area contributed by atoms with Gasteiger partial charge in [0.2, 0.25) is 0 Å². The Hall–Kier alpha value is -4.46. The molecule has 0 fully saturated rings. The lowest BCUT2D eigenvalue weighted by Crippen LogP contribution is -2.10. The van der Waals surface area contributed by atoms with Crippen LogP contribution in [0.15, 0.2) is 61.2 Å². The Labute approximate surface area is 220 Å². The first-order valence-electron chi connectivity index (χ1n) is 12.0. The average molecular weight is 521 g/mol. The van der Waals surface area contributed by atoms with Crippen molar-refractivity contribution in [2.75, 3.05) is 13.2 Å². The van der Waals surface area contributed by atoms with Gasteiger partial charge in [-0.15, -0.1) is 0 Å². The zero-order valence-electron chi connectivity index (χ0n) is 21.5. The predicted octanol–water partition coefficient (Wildman–Crippen LogP) is 6.46. The maximum atomic E-state index is 14.0. The first-order valence-corrected chi connectivity index (χ1v) is 12.0. The third kappa shape index (κ3) is 7.29. The van der Waals surface area contributed by atoms with Gasteiger partial charge >= 0.3 is 11.9 Å². The van der Waals surface area contributed by atoms with Crippen LogP contribution in [-0.4, -0.2) is 31.4 Å². The van der Waals surface area contributed by atoms with E-state index in [4.69, 9.17) is 18.9 Å². The molecule has 0 saturated heterocycles. The molecule has 3 aromatic carbocycles. The standard InChI is InChI=1S/C30H29FO7/c1-5-28(33)36-15-7-6-14-35-24-11-8-22(9-12-24)30(34)38-27-16-19(2)29(21(4)20(27)3)37-25-13-10-23(18-32)26(31)17-25/h5,8-13,16-18H,1,6-7,14-15H2,2-4H3. The van der Waals surface area contributed by atoms with Gasteiger partial charge in [0.25, 0.3) is 0 Å². The van der Waals surface area contributed by atoms with Gasteiger partial charge in [-0.25, -0.2) is 14.0 Å². The zero-order valence-corrected chi connectivity index (χ0v) is 21.5. The van der Waals surface area contributed by atoms with Crippen molar-refractivity contribution in [3.63, 3.8) is 0 Å². The number of hydrogen-bond donors (Lipinski definition) is 0. The third-order valence-electron chi connectivity index (χ3n) is 5.81. The molecule has 0 atom stereocenters. The molecule has 0 aliphatic rings. The number of aldehydes is 1. The summed E-state index contributed by atoms with van der Waals surface area (Å²) in [5, 5.41) is 0. The Morgan fingerprint density at radius 1 is 0.921 bits per heavy atom. The van der Waals surface area contributed by atoms with Gasteiger partial charge in [0.15, 0.2) is 6.29 Å². The summed E-state index contributed by atoms with van der Waals surface area (Å²) in [7, 11) is 0. The van der Waals surface area contributed by atoms with E-state index in [-0.39, 0.29) is 11.3 Å². The predicted molar refractivity (Wildman–Crippen MR) is 140 cm³/mol. The lowest BCUT2D eigenvalue weighted by atomic mass is 10.0. The van der Waals surface area contributed by atoms with Crippen LogP contribution in [0.1, 0.15) is 50.2 Å². The van der Waals surface area contributed by atoms with Crippen LogP contribution in [0.4, 0.5) is 4.39 Å². The number of carbonyl (C=O) groups is 3. The van der Waals surface area contributed by atoms with Crippen LogP contribution in [0.3, 0.4) is 0 Å². The van der Waals surface area contributed by atoms with Crippen LogP contribution in [0.25, 0.3) is 0 Å². The number of aryl methyl sites for hydroxylation is 1. The molecule has 0 heterocycles. The zero-order chi connectivity index (χ0) is 27.7.